The van der Waals surface area contributed by atoms with Gasteiger partial charge in [0.2, 0.25) is 5.91 Å². The Morgan fingerprint density at radius 3 is 2.82 bits per heavy atom. The number of piperidine rings is 1. The number of hydrogen-bond donors (Lipinski definition) is 0. The van der Waals surface area contributed by atoms with Crippen LogP contribution in [0.25, 0.3) is 0 Å². The predicted octanol–water partition coefficient (Wildman–Crippen LogP) is 1.40. The van der Waals surface area contributed by atoms with Crippen LogP contribution in [0.1, 0.15) is 38.2 Å². The van der Waals surface area contributed by atoms with Crippen molar-refractivity contribution in [3.63, 3.8) is 0 Å². The van der Waals surface area contributed by atoms with Crippen LogP contribution in [0.3, 0.4) is 0 Å². The lowest BCUT2D eigenvalue weighted by atomic mass is 10.0. The number of carbonyl (C=O) groups excluding carboxylic acids is 1. The van der Waals surface area contributed by atoms with Crippen LogP contribution in [0, 0.1) is 6.92 Å². The van der Waals surface area contributed by atoms with Crippen molar-refractivity contribution in [3.05, 3.63) is 18.0 Å². The smallest absolute Gasteiger partial charge is 0.238 e. The number of hydrogen-bond acceptors (Lipinski definition) is 4. The third-order valence-corrected chi connectivity index (χ3v) is 5.68. The second-order valence-electron chi connectivity index (χ2n) is 6.07. The van der Waals surface area contributed by atoms with E-state index in [4.69, 9.17) is 0 Å². The Morgan fingerprint density at radius 1 is 1.41 bits per heavy atom. The summed E-state index contributed by atoms with van der Waals surface area (Å²) in [6.45, 7) is 5.06. The summed E-state index contributed by atoms with van der Waals surface area (Å²) in [4.78, 5) is 14.2. The van der Waals surface area contributed by atoms with Gasteiger partial charge in [-0.1, -0.05) is 6.92 Å². The van der Waals surface area contributed by atoms with E-state index >= 15 is 0 Å². The van der Waals surface area contributed by atoms with E-state index in [0.29, 0.717) is 19.5 Å². The van der Waals surface area contributed by atoms with Crippen molar-refractivity contribution in [1.82, 2.24) is 14.7 Å². The van der Waals surface area contributed by atoms with E-state index in [1.807, 2.05) is 24.7 Å². The average molecular weight is 327 g/mol. The highest BCUT2D eigenvalue weighted by molar-refractivity contribution is 7.92. The molecule has 6 nitrogen and oxygen atoms in total. The minimum atomic E-state index is -3.29. The zero-order chi connectivity index (χ0) is 16.2. The van der Waals surface area contributed by atoms with Crippen molar-refractivity contribution in [1.29, 1.82) is 0 Å². The Bertz CT molecular complexity index is 609. The van der Waals surface area contributed by atoms with E-state index in [9.17, 15) is 13.2 Å². The lowest BCUT2D eigenvalue weighted by Gasteiger charge is -2.35. The summed E-state index contributed by atoms with van der Waals surface area (Å²) >= 11 is 0. The zero-order valence-corrected chi connectivity index (χ0v) is 14.2. The van der Waals surface area contributed by atoms with Crippen LogP contribution in [-0.2, 0) is 21.2 Å². The van der Waals surface area contributed by atoms with Crippen molar-refractivity contribution < 1.29 is 13.2 Å². The highest BCUT2D eigenvalue weighted by Crippen LogP contribution is 2.19. The fourth-order valence-corrected chi connectivity index (χ4v) is 4.26. The second kappa shape index (κ2) is 7.26. The number of sulfone groups is 1. The van der Waals surface area contributed by atoms with Gasteiger partial charge in [0.05, 0.1) is 24.5 Å². The van der Waals surface area contributed by atoms with E-state index in [2.05, 4.69) is 5.10 Å². The maximum Gasteiger partial charge on any atom is 0.238 e. The molecule has 2 rings (SSSR count). The maximum atomic E-state index is 12.4. The van der Waals surface area contributed by atoms with E-state index in [1.54, 1.807) is 11.1 Å². The fraction of sp³-hybridized carbons (Fsp3) is 0.733. The molecule has 0 saturated carbocycles. The molecule has 0 spiro atoms. The molecule has 1 amide bonds. The first-order valence-corrected chi connectivity index (χ1v) is 9.72. The first kappa shape index (κ1) is 17.0. The summed E-state index contributed by atoms with van der Waals surface area (Å²) in [5.74, 6) is -0.549. The number of rotatable bonds is 6. The summed E-state index contributed by atoms with van der Waals surface area (Å²) in [7, 11) is -3.29. The van der Waals surface area contributed by atoms with Crippen LogP contribution in [0.5, 0.6) is 0 Å². The molecule has 1 aromatic heterocycles. The molecule has 0 N–H and O–H groups in total. The molecule has 22 heavy (non-hydrogen) atoms. The topological polar surface area (TPSA) is 72.3 Å². The Labute approximate surface area is 132 Å². The molecule has 1 aromatic rings. The number of aryl methyl sites for hydroxylation is 1. The van der Waals surface area contributed by atoms with Crippen molar-refractivity contribution in [2.75, 3.05) is 18.1 Å². The first-order valence-electron chi connectivity index (χ1n) is 7.90. The molecule has 7 heteroatoms. The highest BCUT2D eigenvalue weighted by atomic mass is 32.2. The lowest BCUT2D eigenvalue weighted by Crippen LogP contribution is -2.48. The number of carbonyl (C=O) groups is 1. The first-order chi connectivity index (χ1) is 10.4. The molecule has 1 aliphatic rings. The van der Waals surface area contributed by atoms with Gasteiger partial charge in [0.25, 0.3) is 0 Å². The third-order valence-electron chi connectivity index (χ3n) is 3.97. The van der Waals surface area contributed by atoms with Gasteiger partial charge in [-0.15, -0.1) is 0 Å². The molecule has 1 aliphatic heterocycles. The third kappa shape index (κ3) is 4.56. The minimum absolute atomic E-state index is 0.0392. The van der Waals surface area contributed by atoms with Crippen LogP contribution in [-0.4, -0.2) is 53.1 Å². The van der Waals surface area contributed by atoms with E-state index in [0.717, 1.165) is 24.8 Å². The molecule has 1 fully saturated rings. The Balaban J connectivity index is 2.04. The Kier molecular flexibility index (Phi) is 5.61. The van der Waals surface area contributed by atoms with Gasteiger partial charge in [-0.25, -0.2) is 8.42 Å². The van der Waals surface area contributed by atoms with Crippen LogP contribution in [0.2, 0.25) is 0 Å². The molecular formula is C15H25N3O3S. The molecule has 124 valence electrons. The molecule has 1 atom stereocenters. The molecule has 0 aromatic carbocycles. The van der Waals surface area contributed by atoms with Gasteiger partial charge in [-0.2, -0.15) is 5.10 Å². The molecular weight excluding hydrogens is 302 g/mol. The van der Waals surface area contributed by atoms with Gasteiger partial charge in [0.15, 0.2) is 9.84 Å². The van der Waals surface area contributed by atoms with E-state index in [1.165, 1.54) is 0 Å². The van der Waals surface area contributed by atoms with Gasteiger partial charge in [0.1, 0.15) is 5.75 Å². The van der Waals surface area contributed by atoms with E-state index in [-0.39, 0.29) is 23.5 Å². The molecule has 0 aliphatic carbocycles. The SMILES string of the molecule is CCCS(=O)(=O)CC(=O)N1CCCC[C@H]1Cn1cc(C)cn1. The summed E-state index contributed by atoms with van der Waals surface area (Å²) < 4.78 is 25.6. The largest absolute Gasteiger partial charge is 0.337 e. The normalized spacial score (nSPS) is 19.4. The maximum absolute atomic E-state index is 12.4. The fourth-order valence-electron chi connectivity index (χ4n) is 2.96. The van der Waals surface area contributed by atoms with Gasteiger partial charge in [-0.3, -0.25) is 9.48 Å². The molecule has 0 unspecified atom stereocenters. The highest BCUT2D eigenvalue weighted by Gasteiger charge is 2.29. The second-order valence-corrected chi connectivity index (χ2v) is 8.25. The van der Waals surface area contributed by atoms with Crippen LogP contribution < -0.4 is 0 Å². The van der Waals surface area contributed by atoms with Crippen molar-refractivity contribution in [2.24, 2.45) is 0 Å². The number of amides is 1. The van der Waals surface area contributed by atoms with E-state index < -0.39 is 9.84 Å². The summed E-state index contributed by atoms with van der Waals surface area (Å²) in [5, 5.41) is 4.27. The van der Waals surface area contributed by atoms with Gasteiger partial charge in [0, 0.05) is 12.7 Å². The van der Waals surface area contributed by atoms with Gasteiger partial charge in [-0.05, 0) is 38.2 Å². The zero-order valence-electron chi connectivity index (χ0n) is 13.4. The standard InChI is InChI=1S/C15H25N3O3S/c1-3-8-22(20,21)12-15(19)18-7-5-4-6-14(18)11-17-10-13(2)9-16-17/h9-10,14H,3-8,11-12H2,1-2H3/t14-/m0/s1. The number of nitrogens with zero attached hydrogens (tertiary/aromatic N) is 3. The quantitative estimate of drug-likeness (QED) is 0.792. The van der Waals surface area contributed by atoms with Crippen LogP contribution in [0.4, 0.5) is 0 Å². The average Bonchev–Trinajstić information content (AvgIpc) is 2.84. The number of likely N-dealkylation sites (tertiary alicyclic amines) is 1. The van der Waals surface area contributed by atoms with Gasteiger partial charge >= 0.3 is 0 Å². The molecule has 0 bridgehead atoms. The summed E-state index contributed by atoms with van der Waals surface area (Å²) in [6.07, 6.45) is 7.19. The Hall–Kier alpha value is -1.37. The minimum Gasteiger partial charge on any atom is -0.337 e. The lowest BCUT2D eigenvalue weighted by molar-refractivity contribution is -0.132. The van der Waals surface area contributed by atoms with Crippen molar-refractivity contribution >= 4 is 15.7 Å². The molecule has 1 saturated heterocycles. The molecule has 2 heterocycles. The monoisotopic (exact) mass is 327 g/mol. The summed E-state index contributed by atoms with van der Waals surface area (Å²) in [6, 6.07) is 0.0392. The van der Waals surface area contributed by atoms with Gasteiger partial charge < -0.3 is 4.90 Å². The van der Waals surface area contributed by atoms with Crippen LogP contribution >= 0.6 is 0 Å². The molecule has 0 radical (unpaired) electrons. The predicted molar refractivity (Wildman–Crippen MR) is 85.3 cm³/mol. The van der Waals surface area contributed by atoms with Crippen molar-refractivity contribution in [3.8, 4) is 0 Å². The van der Waals surface area contributed by atoms with Crippen molar-refractivity contribution in [2.45, 2.75) is 52.1 Å². The Morgan fingerprint density at radius 2 is 2.18 bits per heavy atom. The number of aromatic nitrogens is 2. The van der Waals surface area contributed by atoms with Crippen LogP contribution in [0.15, 0.2) is 12.4 Å². The summed E-state index contributed by atoms with van der Waals surface area (Å²) in [5.41, 5.74) is 1.08.